The van der Waals surface area contributed by atoms with E-state index in [9.17, 15) is 18.0 Å². The fraction of sp³-hybridized carbons (Fsp3) is 0.130. The summed E-state index contributed by atoms with van der Waals surface area (Å²) in [4.78, 5) is 23.9. The fourth-order valence-electron chi connectivity index (χ4n) is 3.01. The zero-order valence-electron chi connectivity index (χ0n) is 17.6. The van der Waals surface area contributed by atoms with Crippen LogP contribution in [0.4, 0.5) is 5.69 Å². The van der Waals surface area contributed by atoms with Gasteiger partial charge in [-0.05, 0) is 60.2 Å². The van der Waals surface area contributed by atoms with E-state index in [2.05, 4.69) is 5.32 Å². The lowest BCUT2D eigenvalue weighted by Gasteiger charge is -2.20. The zero-order valence-corrected chi connectivity index (χ0v) is 18.4. The monoisotopic (exact) mass is 453 g/mol. The van der Waals surface area contributed by atoms with Gasteiger partial charge in [-0.3, -0.25) is 13.9 Å². The van der Waals surface area contributed by atoms with Gasteiger partial charge in [0.15, 0.2) is 0 Å². The number of hydrogen-bond donors (Lipinski definition) is 2. The van der Waals surface area contributed by atoms with Gasteiger partial charge in [-0.2, -0.15) is 0 Å². The van der Waals surface area contributed by atoms with Crippen LogP contribution in [-0.4, -0.2) is 34.4 Å². The largest absolute Gasteiger partial charge is 0.497 e. The molecule has 0 aromatic heterocycles. The number of benzene rings is 3. The van der Waals surface area contributed by atoms with Crippen molar-refractivity contribution in [3.05, 3.63) is 89.5 Å². The molecular weight excluding hydrogens is 430 g/mol. The number of carbonyl (C=O) groups excluding carboxylic acids is 2. The molecule has 0 radical (unpaired) electrons. The molecule has 2 amide bonds. The van der Waals surface area contributed by atoms with Gasteiger partial charge in [-0.1, -0.05) is 18.2 Å². The van der Waals surface area contributed by atoms with Gasteiger partial charge < -0.3 is 15.8 Å². The number of primary amides is 1. The van der Waals surface area contributed by atoms with Crippen LogP contribution in [0.1, 0.15) is 26.3 Å². The second-order valence-electron chi connectivity index (χ2n) is 6.95. The third-order valence-electron chi connectivity index (χ3n) is 4.86. The summed E-state index contributed by atoms with van der Waals surface area (Å²) in [6, 6.07) is 19.0. The second kappa shape index (κ2) is 9.52. The van der Waals surface area contributed by atoms with Crippen molar-refractivity contribution < 1.29 is 22.7 Å². The Morgan fingerprint density at radius 3 is 2.28 bits per heavy atom. The van der Waals surface area contributed by atoms with Crippen LogP contribution >= 0.6 is 0 Å². The molecule has 0 aliphatic heterocycles. The molecule has 3 rings (SSSR count). The van der Waals surface area contributed by atoms with Crippen LogP contribution in [0.5, 0.6) is 5.75 Å². The van der Waals surface area contributed by atoms with Crippen molar-refractivity contribution in [1.82, 2.24) is 5.32 Å². The number of hydrogen-bond acceptors (Lipinski definition) is 5. The summed E-state index contributed by atoms with van der Waals surface area (Å²) in [5, 5.41) is 2.72. The normalized spacial score (nSPS) is 10.9. The van der Waals surface area contributed by atoms with Gasteiger partial charge in [0.1, 0.15) is 5.75 Å². The van der Waals surface area contributed by atoms with E-state index in [0.29, 0.717) is 22.6 Å². The van der Waals surface area contributed by atoms with Crippen LogP contribution in [0.3, 0.4) is 0 Å². The molecule has 0 atom stereocenters. The minimum atomic E-state index is -3.89. The lowest BCUT2D eigenvalue weighted by molar-refractivity contribution is 0.0950. The first-order valence-electron chi connectivity index (χ1n) is 9.62. The van der Waals surface area contributed by atoms with E-state index in [4.69, 9.17) is 10.5 Å². The average Bonchev–Trinajstić information content (AvgIpc) is 2.82. The van der Waals surface area contributed by atoms with Crippen molar-refractivity contribution in [1.29, 1.82) is 0 Å². The van der Waals surface area contributed by atoms with Crippen molar-refractivity contribution in [2.45, 2.75) is 11.4 Å². The van der Waals surface area contributed by atoms with Crippen LogP contribution in [0.15, 0.2) is 77.7 Å². The number of amides is 2. The highest BCUT2D eigenvalue weighted by molar-refractivity contribution is 7.92. The Balaban J connectivity index is 1.76. The molecule has 0 unspecified atom stereocenters. The van der Waals surface area contributed by atoms with Gasteiger partial charge in [0.25, 0.3) is 15.9 Å². The highest BCUT2D eigenvalue weighted by Crippen LogP contribution is 2.24. The Labute approximate surface area is 186 Å². The number of ether oxygens (including phenoxy) is 1. The number of carbonyl (C=O) groups is 2. The van der Waals surface area contributed by atoms with Gasteiger partial charge in [0.2, 0.25) is 5.91 Å². The zero-order chi connectivity index (χ0) is 23.3. The topological polar surface area (TPSA) is 119 Å². The number of anilines is 1. The van der Waals surface area contributed by atoms with Gasteiger partial charge in [0, 0.05) is 24.7 Å². The first-order chi connectivity index (χ1) is 15.2. The van der Waals surface area contributed by atoms with E-state index in [1.807, 2.05) is 0 Å². The first-order valence-corrected chi connectivity index (χ1v) is 11.1. The van der Waals surface area contributed by atoms with E-state index in [0.717, 1.165) is 4.31 Å². The van der Waals surface area contributed by atoms with Crippen LogP contribution in [0, 0.1) is 0 Å². The van der Waals surface area contributed by atoms with Crippen molar-refractivity contribution in [3.63, 3.8) is 0 Å². The predicted molar refractivity (Wildman–Crippen MR) is 121 cm³/mol. The molecule has 0 spiro atoms. The maximum absolute atomic E-state index is 13.1. The number of nitrogens with two attached hydrogens (primary N) is 1. The van der Waals surface area contributed by atoms with E-state index >= 15 is 0 Å². The minimum Gasteiger partial charge on any atom is -0.497 e. The van der Waals surface area contributed by atoms with Crippen molar-refractivity contribution in [2.75, 3.05) is 18.5 Å². The molecule has 0 aliphatic rings. The summed E-state index contributed by atoms with van der Waals surface area (Å²) < 4.78 is 32.4. The Kier molecular flexibility index (Phi) is 6.79. The molecule has 9 heteroatoms. The van der Waals surface area contributed by atoms with Crippen LogP contribution in [0.2, 0.25) is 0 Å². The molecule has 3 aromatic carbocycles. The fourth-order valence-corrected chi connectivity index (χ4v) is 4.25. The molecule has 0 heterocycles. The van der Waals surface area contributed by atoms with Crippen LogP contribution in [0.25, 0.3) is 0 Å². The Morgan fingerprint density at radius 1 is 0.969 bits per heavy atom. The summed E-state index contributed by atoms with van der Waals surface area (Å²) in [5.41, 5.74) is 6.95. The Hall–Kier alpha value is -3.85. The SMILES string of the molecule is COc1ccc(N(C)S(=O)(=O)c2cccc(C(=O)NCc3cccc(C(N)=O)c3)c2)cc1. The third kappa shape index (κ3) is 5.06. The maximum atomic E-state index is 13.1. The highest BCUT2D eigenvalue weighted by atomic mass is 32.2. The average molecular weight is 454 g/mol. The number of nitrogens with zero attached hydrogens (tertiary/aromatic N) is 1. The van der Waals surface area contributed by atoms with E-state index in [1.165, 1.54) is 38.4 Å². The van der Waals surface area contributed by atoms with Gasteiger partial charge in [-0.15, -0.1) is 0 Å². The molecular formula is C23H23N3O5S. The summed E-state index contributed by atoms with van der Waals surface area (Å²) >= 11 is 0. The van der Waals surface area contributed by atoms with Crippen molar-refractivity contribution >= 4 is 27.5 Å². The van der Waals surface area contributed by atoms with Crippen LogP contribution in [-0.2, 0) is 16.6 Å². The van der Waals surface area contributed by atoms with Crippen LogP contribution < -0.4 is 20.1 Å². The number of sulfonamides is 1. The number of methoxy groups -OCH3 is 1. The molecule has 0 saturated heterocycles. The van der Waals surface area contributed by atoms with Crippen molar-refractivity contribution in [3.8, 4) is 5.75 Å². The molecule has 0 bridgehead atoms. The summed E-state index contributed by atoms with van der Waals surface area (Å²) in [6.45, 7) is 0.155. The smallest absolute Gasteiger partial charge is 0.264 e. The predicted octanol–water partition coefficient (Wildman–Crippen LogP) is 2.55. The second-order valence-corrected chi connectivity index (χ2v) is 8.91. The summed E-state index contributed by atoms with van der Waals surface area (Å²) in [5.74, 6) is -0.393. The van der Waals surface area contributed by atoms with E-state index < -0.39 is 21.8 Å². The minimum absolute atomic E-state index is 0.0146. The lowest BCUT2D eigenvalue weighted by atomic mass is 10.1. The number of nitrogens with one attached hydrogen (secondary N) is 1. The van der Waals surface area contributed by atoms with E-state index in [1.54, 1.807) is 48.5 Å². The molecule has 166 valence electrons. The quantitative estimate of drug-likeness (QED) is 0.543. The number of rotatable bonds is 8. The third-order valence-corrected chi connectivity index (χ3v) is 6.64. The summed E-state index contributed by atoms with van der Waals surface area (Å²) in [6.07, 6.45) is 0. The summed E-state index contributed by atoms with van der Waals surface area (Å²) in [7, 11) is -0.920. The molecule has 0 fully saturated rings. The molecule has 3 aromatic rings. The van der Waals surface area contributed by atoms with E-state index in [-0.39, 0.29) is 17.0 Å². The van der Waals surface area contributed by atoms with Crippen molar-refractivity contribution in [2.24, 2.45) is 5.73 Å². The molecule has 3 N–H and O–H groups in total. The molecule has 8 nitrogen and oxygen atoms in total. The maximum Gasteiger partial charge on any atom is 0.264 e. The lowest BCUT2D eigenvalue weighted by Crippen LogP contribution is -2.27. The standard InChI is InChI=1S/C23H23N3O5S/c1-26(19-9-11-20(31-2)12-10-19)32(29,30)21-8-4-7-18(14-21)23(28)25-15-16-5-3-6-17(13-16)22(24)27/h3-14H,15H2,1-2H3,(H2,24,27)(H,25,28). The molecule has 0 aliphatic carbocycles. The highest BCUT2D eigenvalue weighted by Gasteiger charge is 2.22. The Morgan fingerprint density at radius 2 is 1.62 bits per heavy atom. The van der Waals surface area contributed by atoms with Gasteiger partial charge in [0.05, 0.1) is 17.7 Å². The molecule has 0 saturated carbocycles. The molecule has 32 heavy (non-hydrogen) atoms. The van der Waals surface area contributed by atoms with Gasteiger partial charge in [-0.25, -0.2) is 8.42 Å². The Bertz CT molecular complexity index is 1240. The first kappa shape index (κ1) is 22.8. The van der Waals surface area contributed by atoms with Gasteiger partial charge >= 0.3 is 0 Å².